The van der Waals surface area contributed by atoms with Crippen LogP contribution < -0.4 is 4.90 Å². The molecule has 4 rings (SSSR count). The van der Waals surface area contributed by atoms with Crippen molar-refractivity contribution >= 4 is 15.8 Å². The molecule has 1 saturated heterocycles. The highest BCUT2D eigenvalue weighted by molar-refractivity contribution is 7.89. The van der Waals surface area contributed by atoms with Gasteiger partial charge in [-0.2, -0.15) is 4.31 Å². The summed E-state index contributed by atoms with van der Waals surface area (Å²) >= 11 is 0. The number of nitrogens with zero attached hydrogens (tertiary/aromatic N) is 4. The molecule has 0 bridgehead atoms. The van der Waals surface area contributed by atoms with E-state index in [0.29, 0.717) is 36.9 Å². The molecular weight excluding hydrogens is 384 g/mol. The molecule has 0 N–H and O–H groups in total. The highest BCUT2D eigenvalue weighted by Crippen LogP contribution is 2.23. The van der Waals surface area contributed by atoms with Crippen molar-refractivity contribution in [3.8, 4) is 11.4 Å². The van der Waals surface area contributed by atoms with E-state index in [4.69, 9.17) is 4.98 Å². The van der Waals surface area contributed by atoms with Crippen molar-refractivity contribution in [1.29, 1.82) is 0 Å². The van der Waals surface area contributed by atoms with Crippen molar-refractivity contribution < 1.29 is 8.42 Å². The van der Waals surface area contributed by atoms with Crippen LogP contribution in [-0.4, -0.2) is 48.9 Å². The second kappa shape index (κ2) is 7.93. The van der Waals surface area contributed by atoms with Gasteiger partial charge in [-0.15, -0.1) is 0 Å². The number of piperazine rings is 1. The van der Waals surface area contributed by atoms with Crippen LogP contribution in [0.5, 0.6) is 0 Å². The number of rotatable bonds is 4. The normalized spacial score (nSPS) is 15.4. The topological polar surface area (TPSA) is 66.4 Å². The zero-order chi connectivity index (χ0) is 20.4. The van der Waals surface area contributed by atoms with Crippen LogP contribution in [0.2, 0.25) is 0 Å². The van der Waals surface area contributed by atoms with Gasteiger partial charge in [0.05, 0.1) is 4.90 Å². The van der Waals surface area contributed by atoms with Crippen LogP contribution in [0.15, 0.2) is 65.6 Å². The number of sulfonamides is 1. The Morgan fingerprint density at radius 3 is 2.14 bits per heavy atom. The van der Waals surface area contributed by atoms with Crippen LogP contribution in [0.4, 0.5) is 5.82 Å². The number of hydrogen-bond acceptors (Lipinski definition) is 5. The van der Waals surface area contributed by atoms with Crippen LogP contribution in [-0.2, 0) is 10.0 Å². The fourth-order valence-corrected chi connectivity index (χ4v) is 4.89. The lowest BCUT2D eigenvalue weighted by molar-refractivity contribution is 0.384. The smallest absolute Gasteiger partial charge is 0.243 e. The summed E-state index contributed by atoms with van der Waals surface area (Å²) < 4.78 is 27.2. The van der Waals surface area contributed by atoms with Crippen molar-refractivity contribution in [3.05, 3.63) is 71.9 Å². The van der Waals surface area contributed by atoms with Gasteiger partial charge in [0.15, 0.2) is 5.82 Å². The Hall–Kier alpha value is -2.77. The average molecular weight is 409 g/mol. The summed E-state index contributed by atoms with van der Waals surface area (Å²) in [6.45, 7) is 6.06. The van der Waals surface area contributed by atoms with E-state index in [2.05, 4.69) is 16.8 Å². The van der Waals surface area contributed by atoms with Crippen LogP contribution in [0.25, 0.3) is 11.4 Å². The van der Waals surface area contributed by atoms with E-state index >= 15 is 0 Å². The summed E-state index contributed by atoms with van der Waals surface area (Å²) in [5, 5.41) is 0. The van der Waals surface area contributed by atoms with Gasteiger partial charge < -0.3 is 4.90 Å². The molecule has 0 radical (unpaired) electrons. The number of hydrogen-bond donors (Lipinski definition) is 0. The van der Waals surface area contributed by atoms with Gasteiger partial charge >= 0.3 is 0 Å². The lowest BCUT2D eigenvalue weighted by atomic mass is 10.1. The fraction of sp³-hybridized carbons (Fsp3) is 0.273. The van der Waals surface area contributed by atoms with E-state index in [0.717, 1.165) is 17.1 Å². The molecule has 3 aromatic rings. The molecule has 0 atom stereocenters. The SMILES string of the molecule is Cc1ccc(-c2nc(C)cc(N3CCN(S(=O)(=O)c4ccccc4)CC3)n2)cc1. The third-order valence-electron chi connectivity index (χ3n) is 5.09. The quantitative estimate of drug-likeness (QED) is 0.663. The van der Waals surface area contributed by atoms with E-state index in [9.17, 15) is 8.42 Å². The molecule has 0 aliphatic carbocycles. The monoisotopic (exact) mass is 408 g/mol. The summed E-state index contributed by atoms with van der Waals surface area (Å²) in [4.78, 5) is 11.8. The van der Waals surface area contributed by atoms with Crippen molar-refractivity contribution in [2.75, 3.05) is 31.1 Å². The maximum Gasteiger partial charge on any atom is 0.243 e. The van der Waals surface area contributed by atoms with Gasteiger partial charge in [-0.1, -0.05) is 48.0 Å². The molecule has 2 heterocycles. The summed E-state index contributed by atoms with van der Waals surface area (Å²) in [6.07, 6.45) is 0. The number of aromatic nitrogens is 2. The molecular formula is C22H24N4O2S. The zero-order valence-electron chi connectivity index (χ0n) is 16.6. The van der Waals surface area contributed by atoms with Gasteiger partial charge in [0, 0.05) is 43.5 Å². The Bertz CT molecular complexity index is 1090. The molecule has 0 saturated carbocycles. The molecule has 29 heavy (non-hydrogen) atoms. The molecule has 1 aromatic heterocycles. The minimum atomic E-state index is -3.46. The zero-order valence-corrected chi connectivity index (χ0v) is 17.4. The summed E-state index contributed by atoms with van der Waals surface area (Å²) in [7, 11) is -3.46. The molecule has 0 spiro atoms. The van der Waals surface area contributed by atoms with Gasteiger partial charge in [0.25, 0.3) is 0 Å². The Labute approximate surface area is 171 Å². The second-order valence-corrected chi connectivity index (χ2v) is 9.20. The van der Waals surface area contributed by atoms with Crippen molar-refractivity contribution in [2.45, 2.75) is 18.7 Å². The molecule has 2 aromatic carbocycles. The van der Waals surface area contributed by atoms with Crippen LogP contribution >= 0.6 is 0 Å². The average Bonchev–Trinajstić information content (AvgIpc) is 2.74. The molecule has 1 fully saturated rings. The first kappa shape index (κ1) is 19.5. The van der Waals surface area contributed by atoms with Crippen LogP contribution in [0.3, 0.4) is 0 Å². The first-order chi connectivity index (χ1) is 13.9. The molecule has 6 nitrogen and oxygen atoms in total. The fourth-order valence-electron chi connectivity index (χ4n) is 3.44. The third kappa shape index (κ3) is 4.16. The summed E-state index contributed by atoms with van der Waals surface area (Å²) in [6, 6.07) is 18.7. The molecule has 0 unspecified atom stereocenters. The van der Waals surface area contributed by atoms with E-state index in [1.165, 1.54) is 5.56 Å². The number of anilines is 1. The molecule has 150 valence electrons. The van der Waals surface area contributed by atoms with Gasteiger partial charge in [0.1, 0.15) is 5.82 Å². The van der Waals surface area contributed by atoms with Crippen molar-refractivity contribution in [3.63, 3.8) is 0 Å². The molecule has 1 aliphatic heterocycles. The first-order valence-corrected chi connectivity index (χ1v) is 11.1. The van der Waals surface area contributed by atoms with E-state index < -0.39 is 10.0 Å². The Kier molecular flexibility index (Phi) is 5.34. The Morgan fingerprint density at radius 2 is 1.48 bits per heavy atom. The predicted molar refractivity (Wildman–Crippen MR) is 114 cm³/mol. The Morgan fingerprint density at radius 1 is 0.828 bits per heavy atom. The van der Waals surface area contributed by atoms with E-state index in [-0.39, 0.29) is 0 Å². The summed E-state index contributed by atoms with van der Waals surface area (Å²) in [5.74, 6) is 1.53. The Balaban J connectivity index is 1.52. The number of benzene rings is 2. The van der Waals surface area contributed by atoms with Gasteiger partial charge in [0.2, 0.25) is 10.0 Å². The van der Waals surface area contributed by atoms with Crippen molar-refractivity contribution in [2.24, 2.45) is 0 Å². The third-order valence-corrected chi connectivity index (χ3v) is 7.01. The minimum Gasteiger partial charge on any atom is -0.354 e. The lowest BCUT2D eigenvalue weighted by Gasteiger charge is -2.34. The van der Waals surface area contributed by atoms with Gasteiger partial charge in [-0.25, -0.2) is 18.4 Å². The van der Waals surface area contributed by atoms with Crippen LogP contribution in [0.1, 0.15) is 11.3 Å². The second-order valence-electron chi connectivity index (χ2n) is 7.26. The van der Waals surface area contributed by atoms with E-state index in [1.807, 2.05) is 43.3 Å². The van der Waals surface area contributed by atoms with Crippen molar-refractivity contribution in [1.82, 2.24) is 14.3 Å². The first-order valence-electron chi connectivity index (χ1n) is 9.66. The maximum absolute atomic E-state index is 12.8. The van der Waals surface area contributed by atoms with Crippen LogP contribution in [0, 0.1) is 13.8 Å². The minimum absolute atomic E-state index is 0.341. The number of aryl methyl sites for hydroxylation is 2. The van der Waals surface area contributed by atoms with E-state index in [1.54, 1.807) is 28.6 Å². The maximum atomic E-state index is 12.8. The molecule has 0 amide bonds. The predicted octanol–water partition coefficient (Wildman–Crippen LogP) is 3.27. The highest BCUT2D eigenvalue weighted by atomic mass is 32.2. The molecule has 7 heteroatoms. The summed E-state index contributed by atoms with van der Waals surface area (Å²) in [5.41, 5.74) is 3.06. The standard InChI is InChI=1S/C22H24N4O2S/c1-17-8-10-19(11-9-17)22-23-18(2)16-21(24-22)25-12-14-26(15-13-25)29(27,28)20-6-4-3-5-7-20/h3-11,16H,12-15H2,1-2H3. The highest BCUT2D eigenvalue weighted by Gasteiger charge is 2.29. The van der Waals surface area contributed by atoms with Gasteiger partial charge in [-0.05, 0) is 26.0 Å². The molecule has 1 aliphatic rings. The lowest BCUT2D eigenvalue weighted by Crippen LogP contribution is -2.49. The largest absolute Gasteiger partial charge is 0.354 e. The van der Waals surface area contributed by atoms with Gasteiger partial charge in [-0.3, -0.25) is 0 Å².